The van der Waals surface area contributed by atoms with E-state index in [1.807, 2.05) is 12.1 Å². The Balaban J connectivity index is 2.12. The topological polar surface area (TPSA) is 74.8 Å². The number of aromatic nitrogens is 1. The van der Waals surface area contributed by atoms with E-state index in [9.17, 15) is 9.65 Å². The fraction of sp³-hybridized carbons (Fsp3) is 0.0556. The smallest absolute Gasteiger partial charge is 0.205 e. The Morgan fingerprint density at radius 3 is 2.79 bits per heavy atom. The number of aromatic amines is 1. The van der Waals surface area contributed by atoms with Crippen LogP contribution in [0.2, 0.25) is 5.02 Å². The molecular formula is C18H11ClFN3O. The third-order valence-corrected chi connectivity index (χ3v) is 4.52. The largest absolute Gasteiger partial charge is 0.440 e. The number of ether oxygens (including phenoxy) is 1. The lowest BCUT2D eigenvalue weighted by atomic mass is 9.85. The minimum Gasteiger partial charge on any atom is -0.440 e. The van der Waals surface area contributed by atoms with Crippen LogP contribution in [0, 0.1) is 17.1 Å². The summed E-state index contributed by atoms with van der Waals surface area (Å²) in [4.78, 5) is 3.13. The zero-order valence-corrected chi connectivity index (χ0v) is 13.1. The van der Waals surface area contributed by atoms with Crippen molar-refractivity contribution >= 4 is 22.5 Å². The molecule has 0 saturated heterocycles. The van der Waals surface area contributed by atoms with Gasteiger partial charge in [-0.1, -0.05) is 23.7 Å². The van der Waals surface area contributed by atoms with E-state index in [0.29, 0.717) is 11.3 Å². The van der Waals surface area contributed by atoms with Crippen LogP contribution in [-0.2, 0) is 0 Å². The van der Waals surface area contributed by atoms with Gasteiger partial charge in [0.05, 0.1) is 5.92 Å². The number of hydrogen-bond acceptors (Lipinski definition) is 3. The number of benzene rings is 2. The van der Waals surface area contributed by atoms with Crippen molar-refractivity contribution in [1.82, 2.24) is 4.98 Å². The second-order valence-electron chi connectivity index (χ2n) is 5.48. The molecule has 1 aliphatic rings. The van der Waals surface area contributed by atoms with Crippen molar-refractivity contribution in [3.05, 3.63) is 76.0 Å². The number of allylic oxidation sites excluding steroid dienone is 1. The summed E-state index contributed by atoms with van der Waals surface area (Å²) in [6.45, 7) is 0. The van der Waals surface area contributed by atoms with Crippen LogP contribution < -0.4 is 10.5 Å². The molecule has 0 saturated carbocycles. The van der Waals surface area contributed by atoms with Crippen LogP contribution in [0.5, 0.6) is 5.75 Å². The number of rotatable bonds is 1. The Kier molecular flexibility index (Phi) is 3.22. The number of halogens is 2. The molecule has 1 aromatic heterocycles. The van der Waals surface area contributed by atoms with E-state index in [-0.39, 0.29) is 22.0 Å². The average Bonchev–Trinajstić information content (AvgIpc) is 2.93. The summed E-state index contributed by atoms with van der Waals surface area (Å²) in [5, 5.41) is 10.6. The molecule has 0 aliphatic carbocycles. The predicted molar refractivity (Wildman–Crippen MR) is 89.0 cm³/mol. The highest BCUT2D eigenvalue weighted by atomic mass is 35.5. The summed E-state index contributed by atoms with van der Waals surface area (Å²) in [7, 11) is 0. The predicted octanol–water partition coefficient (Wildman–Crippen LogP) is 4.18. The van der Waals surface area contributed by atoms with Crippen molar-refractivity contribution in [1.29, 1.82) is 5.26 Å². The summed E-state index contributed by atoms with van der Waals surface area (Å²) in [6.07, 6.45) is 1.74. The van der Waals surface area contributed by atoms with Crippen molar-refractivity contribution in [2.75, 3.05) is 0 Å². The lowest BCUT2D eigenvalue weighted by Crippen LogP contribution is -2.14. The van der Waals surface area contributed by atoms with Crippen LogP contribution >= 0.6 is 11.6 Å². The first-order chi connectivity index (χ1) is 11.6. The molecule has 2 heterocycles. The van der Waals surface area contributed by atoms with Gasteiger partial charge in [0.25, 0.3) is 0 Å². The fourth-order valence-corrected chi connectivity index (χ4v) is 3.44. The SMILES string of the molecule is N#CC1=C(N)Oc2cccc3[nH]cc(c23)C1c1c(F)cccc1Cl. The van der Waals surface area contributed by atoms with Gasteiger partial charge in [-0.15, -0.1) is 0 Å². The van der Waals surface area contributed by atoms with Crippen LogP contribution in [0.25, 0.3) is 10.9 Å². The van der Waals surface area contributed by atoms with Gasteiger partial charge in [0, 0.05) is 27.7 Å². The molecule has 4 rings (SSSR count). The first kappa shape index (κ1) is 14.6. The van der Waals surface area contributed by atoms with Gasteiger partial charge in [-0.2, -0.15) is 5.26 Å². The highest BCUT2D eigenvalue weighted by Gasteiger charge is 2.33. The second-order valence-corrected chi connectivity index (χ2v) is 5.89. The summed E-state index contributed by atoms with van der Waals surface area (Å²) in [6, 6.07) is 11.9. The minimum atomic E-state index is -0.749. The van der Waals surface area contributed by atoms with Crippen LogP contribution in [0.15, 0.2) is 54.1 Å². The summed E-state index contributed by atoms with van der Waals surface area (Å²) in [5.41, 5.74) is 7.83. The van der Waals surface area contributed by atoms with Crippen LogP contribution in [-0.4, -0.2) is 4.98 Å². The Morgan fingerprint density at radius 1 is 1.25 bits per heavy atom. The maximum atomic E-state index is 14.6. The van der Waals surface area contributed by atoms with Gasteiger partial charge in [0.15, 0.2) is 0 Å². The molecule has 0 spiro atoms. The van der Waals surface area contributed by atoms with Gasteiger partial charge in [0.2, 0.25) is 5.88 Å². The average molecular weight is 340 g/mol. The number of nitriles is 1. The van der Waals surface area contributed by atoms with E-state index in [2.05, 4.69) is 11.1 Å². The van der Waals surface area contributed by atoms with E-state index >= 15 is 0 Å². The molecule has 3 N–H and O–H groups in total. The summed E-state index contributed by atoms with van der Waals surface area (Å²) >= 11 is 6.25. The number of hydrogen-bond donors (Lipinski definition) is 2. The van der Waals surface area contributed by atoms with E-state index in [0.717, 1.165) is 10.9 Å². The quantitative estimate of drug-likeness (QED) is 0.698. The van der Waals surface area contributed by atoms with E-state index in [4.69, 9.17) is 22.1 Å². The van der Waals surface area contributed by atoms with Gasteiger partial charge in [0.1, 0.15) is 23.2 Å². The van der Waals surface area contributed by atoms with Crippen molar-refractivity contribution < 1.29 is 9.13 Å². The fourth-order valence-electron chi connectivity index (χ4n) is 3.17. The number of nitrogens with one attached hydrogen (secondary N) is 1. The zero-order chi connectivity index (χ0) is 16.8. The molecule has 1 unspecified atom stereocenters. The molecule has 4 nitrogen and oxygen atoms in total. The molecule has 6 heteroatoms. The number of H-pyrrole nitrogens is 1. The van der Waals surface area contributed by atoms with Gasteiger partial charge in [-0.25, -0.2) is 4.39 Å². The Hall–Kier alpha value is -2.97. The Bertz CT molecular complexity index is 1030. The zero-order valence-electron chi connectivity index (χ0n) is 12.3. The maximum absolute atomic E-state index is 14.6. The number of nitrogens with zero attached hydrogens (tertiary/aromatic N) is 1. The highest BCUT2D eigenvalue weighted by Crippen LogP contribution is 2.45. The second kappa shape index (κ2) is 5.29. The molecule has 1 atom stereocenters. The molecule has 2 aromatic carbocycles. The maximum Gasteiger partial charge on any atom is 0.205 e. The van der Waals surface area contributed by atoms with Gasteiger partial charge >= 0.3 is 0 Å². The first-order valence-electron chi connectivity index (χ1n) is 7.23. The van der Waals surface area contributed by atoms with E-state index in [1.54, 1.807) is 18.3 Å². The minimum absolute atomic E-state index is 0.0504. The molecule has 0 fully saturated rings. The molecular weight excluding hydrogens is 329 g/mol. The summed E-state index contributed by atoms with van der Waals surface area (Å²) in [5.74, 6) is -0.780. The van der Waals surface area contributed by atoms with Gasteiger partial charge in [-0.3, -0.25) is 0 Å². The van der Waals surface area contributed by atoms with Crippen LogP contribution in [0.3, 0.4) is 0 Å². The van der Waals surface area contributed by atoms with Crippen LogP contribution in [0.4, 0.5) is 4.39 Å². The third-order valence-electron chi connectivity index (χ3n) is 4.19. The van der Waals surface area contributed by atoms with E-state index < -0.39 is 11.7 Å². The summed E-state index contributed by atoms with van der Waals surface area (Å²) < 4.78 is 20.2. The third kappa shape index (κ3) is 1.97. The molecule has 0 radical (unpaired) electrons. The first-order valence-corrected chi connectivity index (χ1v) is 7.61. The Labute approximate surface area is 141 Å². The lowest BCUT2D eigenvalue weighted by Gasteiger charge is -2.17. The normalized spacial score (nSPS) is 16.6. The van der Waals surface area contributed by atoms with Gasteiger partial charge < -0.3 is 15.5 Å². The van der Waals surface area contributed by atoms with Gasteiger partial charge in [-0.05, 0) is 29.8 Å². The highest BCUT2D eigenvalue weighted by molar-refractivity contribution is 6.31. The molecule has 3 aromatic rings. The molecule has 118 valence electrons. The van der Waals surface area contributed by atoms with Crippen molar-refractivity contribution in [2.45, 2.75) is 5.92 Å². The molecule has 24 heavy (non-hydrogen) atoms. The van der Waals surface area contributed by atoms with Crippen molar-refractivity contribution in [3.8, 4) is 11.8 Å². The Morgan fingerprint density at radius 2 is 2.04 bits per heavy atom. The lowest BCUT2D eigenvalue weighted by molar-refractivity contribution is 0.420. The van der Waals surface area contributed by atoms with Crippen molar-refractivity contribution in [3.63, 3.8) is 0 Å². The molecule has 1 aliphatic heterocycles. The number of nitrogens with two attached hydrogens (primary N) is 1. The van der Waals surface area contributed by atoms with Crippen LogP contribution in [0.1, 0.15) is 17.0 Å². The monoisotopic (exact) mass is 339 g/mol. The van der Waals surface area contributed by atoms with E-state index in [1.165, 1.54) is 12.1 Å². The molecule has 0 amide bonds. The van der Waals surface area contributed by atoms with Crippen molar-refractivity contribution in [2.24, 2.45) is 5.73 Å². The molecule has 0 bridgehead atoms. The standard InChI is InChI=1S/C18H11ClFN3O/c19-11-3-1-4-12(20)17(11)15-9(7-21)18(22)24-14-6-2-5-13-16(14)10(15)8-23-13/h1-6,8,15,23H,22H2.